The van der Waals surface area contributed by atoms with Gasteiger partial charge in [-0.05, 0) is 18.9 Å². The van der Waals surface area contributed by atoms with E-state index >= 15 is 0 Å². The number of rotatable bonds is 5. The summed E-state index contributed by atoms with van der Waals surface area (Å²) in [4.78, 5) is 13.5. The second kappa shape index (κ2) is 7.46. The maximum Gasteiger partial charge on any atom is 0.246 e. The van der Waals surface area contributed by atoms with Gasteiger partial charge in [0.2, 0.25) is 5.91 Å². The van der Waals surface area contributed by atoms with Gasteiger partial charge >= 0.3 is 0 Å². The molecule has 0 spiro atoms. The molecule has 0 aromatic heterocycles. The lowest BCUT2D eigenvalue weighted by atomic mass is 10.2. The summed E-state index contributed by atoms with van der Waals surface area (Å²) in [6, 6.07) is 0. The Morgan fingerprint density at radius 2 is 2.07 bits per heavy atom. The van der Waals surface area contributed by atoms with Crippen molar-refractivity contribution in [3.63, 3.8) is 0 Å². The van der Waals surface area contributed by atoms with E-state index in [4.69, 9.17) is 4.74 Å². The van der Waals surface area contributed by atoms with Crippen LogP contribution in [0.25, 0.3) is 0 Å². The third-order valence-corrected chi connectivity index (χ3v) is 2.56. The Labute approximate surface area is 92.1 Å². The van der Waals surface area contributed by atoms with Crippen molar-refractivity contribution in [1.82, 2.24) is 4.90 Å². The lowest BCUT2D eigenvalue weighted by Crippen LogP contribution is -2.39. The molecule has 0 aromatic carbocycles. The van der Waals surface area contributed by atoms with Crippen LogP contribution in [0.4, 0.5) is 0 Å². The zero-order valence-corrected chi connectivity index (χ0v) is 9.58. The van der Waals surface area contributed by atoms with E-state index in [0.29, 0.717) is 13.2 Å². The molecule has 3 nitrogen and oxygen atoms in total. The van der Waals surface area contributed by atoms with E-state index in [1.807, 2.05) is 11.0 Å². The van der Waals surface area contributed by atoms with Gasteiger partial charge in [-0.2, -0.15) is 0 Å². The predicted octanol–water partition coefficient (Wildman–Crippen LogP) is 1.98. The van der Waals surface area contributed by atoms with E-state index in [2.05, 4.69) is 6.92 Å². The molecule has 1 saturated heterocycles. The summed E-state index contributed by atoms with van der Waals surface area (Å²) in [7, 11) is 0. The minimum Gasteiger partial charge on any atom is -0.378 e. The Hall–Kier alpha value is -0.830. The van der Waals surface area contributed by atoms with E-state index in [-0.39, 0.29) is 5.91 Å². The summed E-state index contributed by atoms with van der Waals surface area (Å²) in [5.74, 6) is 0.134. The van der Waals surface area contributed by atoms with Gasteiger partial charge in [-0.3, -0.25) is 4.79 Å². The van der Waals surface area contributed by atoms with E-state index in [1.54, 1.807) is 6.08 Å². The van der Waals surface area contributed by atoms with Gasteiger partial charge in [-0.25, -0.2) is 0 Å². The highest BCUT2D eigenvalue weighted by Crippen LogP contribution is 2.02. The predicted molar refractivity (Wildman–Crippen MR) is 60.7 cm³/mol. The summed E-state index contributed by atoms with van der Waals surface area (Å²) in [5, 5.41) is 0. The van der Waals surface area contributed by atoms with Gasteiger partial charge in [0.15, 0.2) is 0 Å². The molecule has 1 rings (SSSR count). The third kappa shape index (κ3) is 4.98. The summed E-state index contributed by atoms with van der Waals surface area (Å²) in [5.41, 5.74) is 0. The number of hydrogen-bond acceptors (Lipinski definition) is 2. The van der Waals surface area contributed by atoms with Crippen LogP contribution in [0.3, 0.4) is 0 Å². The fourth-order valence-corrected chi connectivity index (χ4v) is 1.59. The topological polar surface area (TPSA) is 29.5 Å². The highest BCUT2D eigenvalue weighted by molar-refractivity contribution is 5.87. The van der Waals surface area contributed by atoms with Gasteiger partial charge in [0.1, 0.15) is 0 Å². The second-order valence-electron chi connectivity index (χ2n) is 3.84. The lowest BCUT2D eigenvalue weighted by Gasteiger charge is -2.25. The van der Waals surface area contributed by atoms with Crippen molar-refractivity contribution in [3.05, 3.63) is 12.2 Å². The lowest BCUT2D eigenvalue weighted by molar-refractivity contribution is -0.129. The van der Waals surface area contributed by atoms with E-state index < -0.39 is 0 Å². The van der Waals surface area contributed by atoms with Gasteiger partial charge in [-0.1, -0.05) is 25.8 Å². The van der Waals surface area contributed by atoms with Gasteiger partial charge in [-0.15, -0.1) is 0 Å². The van der Waals surface area contributed by atoms with Crippen molar-refractivity contribution >= 4 is 5.91 Å². The fourth-order valence-electron chi connectivity index (χ4n) is 1.59. The first kappa shape index (κ1) is 12.2. The SMILES string of the molecule is CCCCCC=CC(=O)N1CCOCC1. The first-order chi connectivity index (χ1) is 7.34. The molecule has 15 heavy (non-hydrogen) atoms. The number of ether oxygens (including phenoxy) is 1. The van der Waals surface area contributed by atoms with Gasteiger partial charge in [0.05, 0.1) is 13.2 Å². The number of carbonyl (C=O) groups excluding carboxylic acids is 1. The fraction of sp³-hybridized carbons (Fsp3) is 0.750. The number of hydrogen-bond donors (Lipinski definition) is 0. The van der Waals surface area contributed by atoms with Crippen molar-refractivity contribution < 1.29 is 9.53 Å². The van der Waals surface area contributed by atoms with Crippen molar-refractivity contribution in [3.8, 4) is 0 Å². The molecule has 1 fully saturated rings. The standard InChI is InChI=1S/C12H21NO2/c1-2-3-4-5-6-7-12(14)13-8-10-15-11-9-13/h6-7H,2-5,8-11H2,1H3. The molecular formula is C12H21NO2. The highest BCUT2D eigenvalue weighted by atomic mass is 16.5. The van der Waals surface area contributed by atoms with E-state index in [0.717, 1.165) is 19.5 Å². The quantitative estimate of drug-likeness (QED) is 0.514. The van der Waals surface area contributed by atoms with E-state index in [9.17, 15) is 4.79 Å². The summed E-state index contributed by atoms with van der Waals surface area (Å²) in [6.07, 6.45) is 8.38. The molecule has 1 aliphatic heterocycles. The van der Waals surface area contributed by atoms with Gasteiger partial charge < -0.3 is 9.64 Å². The zero-order chi connectivity index (χ0) is 10.9. The molecule has 0 bridgehead atoms. The average Bonchev–Trinajstić information content (AvgIpc) is 2.30. The molecule has 0 unspecified atom stereocenters. The molecule has 3 heteroatoms. The average molecular weight is 211 g/mol. The molecular weight excluding hydrogens is 190 g/mol. The normalized spacial score (nSPS) is 17.3. The van der Waals surface area contributed by atoms with Crippen LogP contribution in [0.1, 0.15) is 32.6 Å². The Bertz CT molecular complexity index is 208. The number of carbonyl (C=O) groups is 1. The van der Waals surface area contributed by atoms with Crippen LogP contribution in [0, 0.1) is 0 Å². The first-order valence-corrected chi connectivity index (χ1v) is 5.87. The Kier molecular flexibility index (Phi) is 6.09. The van der Waals surface area contributed by atoms with E-state index in [1.165, 1.54) is 19.3 Å². The van der Waals surface area contributed by atoms with Crippen LogP contribution in [0.15, 0.2) is 12.2 Å². The van der Waals surface area contributed by atoms with Crippen LogP contribution in [0.5, 0.6) is 0 Å². The maximum absolute atomic E-state index is 11.6. The molecule has 0 aliphatic carbocycles. The van der Waals surface area contributed by atoms with Crippen LogP contribution < -0.4 is 0 Å². The largest absolute Gasteiger partial charge is 0.378 e. The van der Waals surface area contributed by atoms with Crippen molar-refractivity contribution in [2.75, 3.05) is 26.3 Å². The van der Waals surface area contributed by atoms with Crippen LogP contribution in [-0.4, -0.2) is 37.1 Å². The molecule has 0 atom stereocenters. The molecule has 0 saturated carbocycles. The Balaban J connectivity index is 2.15. The van der Waals surface area contributed by atoms with Gasteiger partial charge in [0, 0.05) is 13.1 Å². The molecule has 1 aliphatic rings. The number of nitrogens with zero attached hydrogens (tertiary/aromatic N) is 1. The monoisotopic (exact) mass is 211 g/mol. The third-order valence-electron chi connectivity index (χ3n) is 2.56. The minimum atomic E-state index is 0.134. The maximum atomic E-state index is 11.6. The second-order valence-corrected chi connectivity index (χ2v) is 3.84. The summed E-state index contributed by atoms with van der Waals surface area (Å²) in [6.45, 7) is 5.00. The molecule has 0 N–H and O–H groups in total. The Morgan fingerprint density at radius 3 is 2.73 bits per heavy atom. The molecule has 1 heterocycles. The van der Waals surface area contributed by atoms with Crippen LogP contribution >= 0.6 is 0 Å². The minimum absolute atomic E-state index is 0.134. The molecule has 0 radical (unpaired) electrons. The molecule has 0 aromatic rings. The number of amides is 1. The zero-order valence-electron chi connectivity index (χ0n) is 9.58. The van der Waals surface area contributed by atoms with Crippen molar-refractivity contribution in [1.29, 1.82) is 0 Å². The molecule has 1 amide bonds. The van der Waals surface area contributed by atoms with Crippen LogP contribution in [-0.2, 0) is 9.53 Å². The smallest absolute Gasteiger partial charge is 0.246 e. The summed E-state index contributed by atoms with van der Waals surface area (Å²) >= 11 is 0. The first-order valence-electron chi connectivity index (χ1n) is 5.87. The van der Waals surface area contributed by atoms with Crippen molar-refractivity contribution in [2.24, 2.45) is 0 Å². The number of morpholine rings is 1. The highest BCUT2D eigenvalue weighted by Gasteiger charge is 2.13. The van der Waals surface area contributed by atoms with Crippen LogP contribution in [0.2, 0.25) is 0 Å². The van der Waals surface area contributed by atoms with Gasteiger partial charge in [0.25, 0.3) is 0 Å². The summed E-state index contributed by atoms with van der Waals surface area (Å²) < 4.78 is 5.19. The number of allylic oxidation sites excluding steroid dienone is 1. The number of unbranched alkanes of at least 4 members (excludes halogenated alkanes) is 3. The van der Waals surface area contributed by atoms with Crippen molar-refractivity contribution in [2.45, 2.75) is 32.6 Å². The Morgan fingerprint density at radius 1 is 1.33 bits per heavy atom. The molecule has 86 valence electrons.